The Morgan fingerprint density at radius 1 is 0.968 bits per heavy atom. The quantitative estimate of drug-likeness (QED) is 0.0740. The number of urea groups is 1. The van der Waals surface area contributed by atoms with Gasteiger partial charge in [0.15, 0.2) is 11.6 Å². The molecule has 0 aliphatic carbocycles. The van der Waals surface area contributed by atoms with Crippen LogP contribution in [0.4, 0.5) is 15.0 Å². The monoisotopic (exact) mass is 883 g/mol. The summed E-state index contributed by atoms with van der Waals surface area (Å²) in [5.74, 6) is -0.732. The highest BCUT2D eigenvalue weighted by molar-refractivity contribution is 5.78. The number of carbonyl (C=O) groups excluding carboxylic acids is 2. The van der Waals surface area contributed by atoms with Gasteiger partial charge in [0.25, 0.3) is 0 Å². The van der Waals surface area contributed by atoms with Gasteiger partial charge in [-0.15, -0.1) is 5.10 Å². The van der Waals surface area contributed by atoms with E-state index < -0.39 is 23.4 Å². The average Bonchev–Trinajstić information content (AvgIpc) is 3.87. The van der Waals surface area contributed by atoms with Crippen molar-refractivity contribution in [2.24, 2.45) is 0 Å². The number of hydrogen-bond acceptors (Lipinski definition) is 12. The molecule has 18 heteroatoms. The predicted octanol–water partition coefficient (Wildman–Crippen LogP) is 5.52. The van der Waals surface area contributed by atoms with Gasteiger partial charge in [-0.05, 0) is 95.5 Å². The lowest BCUT2D eigenvalue weighted by atomic mass is 10.00. The van der Waals surface area contributed by atoms with Crippen molar-refractivity contribution in [1.82, 2.24) is 35.1 Å². The average molecular weight is 883 g/mol. The van der Waals surface area contributed by atoms with Crippen LogP contribution in [0.5, 0.6) is 5.75 Å². The molecule has 1 aromatic carbocycles. The van der Waals surface area contributed by atoms with E-state index in [9.17, 15) is 19.5 Å². The molecule has 4 heterocycles. The van der Waals surface area contributed by atoms with Crippen LogP contribution in [0.15, 0.2) is 36.5 Å². The van der Waals surface area contributed by atoms with Crippen LogP contribution in [0.25, 0.3) is 0 Å². The Labute approximate surface area is 370 Å². The number of aryl methyl sites for hydroxylation is 2. The summed E-state index contributed by atoms with van der Waals surface area (Å²) in [4.78, 5) is 45.3. The van der Waals surface area contributed by atoms with Crippen molar-refractivity contribution >= 4 is 23.7 Å². The van der Waals surface area contributed by atoms with Gasteiger partial charge in [0, 0.05) is 43.8 Å². The second kappa shape index (κ2) is 24.2. The fourth-order valence-electron chi connectivity index (χ4n) is 7.43. The summed E-state index contributed by atoms with van der Waals surface area (Å²) in [7, 11) is 0. The Balaban J connectivity index is 0.919. The summed E-state index contributed by atoms with van der Waals surface area (Å²) < 4.78 is 45.5. The van der Waals surface area contributed by atoms with Gasteiger partial charge in [0.2, 0.25) is 5.91 Å². The molecule has 2 aromatic heterocycles. The molecule has 2 aliphatic heterocycles. The molecule has 1 saturated heterocycles. The molecule has 3 N–H and O–H groups in total. The highest BCUT2D eigenvalue weighted by Gasteiger charge is 2.36. The van der Waals surface area contributed by atoms with Crippen LogP contribution in [-0.2, 0) is 53.5 Å². The molecule has 0 unspecified atom stereocenters. The lowest BCUT2D eigenvalue weighted by molar-refractivity contribution is -0.138. The Morgan fingerprint density at radius 3 is 2.44 bits per heavy atom. The van der Waals surface area contributed by atoms with Crippen LogP contribution in [0.3, 0.4) is 0 Å². The Hall–Kier alpha value is -4.91. The third-order valence-corrected chi connectivity index (χ3v) is 11.0. The summed E-state index contributed by atoms with van der Waals surface area (Å²) in [5.41, 5.74) is 2.27. The Kier molecular flexibility index (Phi) is 18.9. The number of aromatic nitrogens is 4. The maximum atomic E-state index is 15.2. The molecule has 0 saturated carbocycles. The number of aliphatic carboxylic acids is 1. The number of carboxylic acid groups (broad SMARTS) is 1. The predicted molar refractivity (Wildman–Crippen MR) is 233 cm³/mol. The zero-order chi connectivity index (χ0) is 45.2. The number of anilines is 1. The number of pyridine rings is 1. The Morgan fingerprint density at radius 2 is 1.71 bits per heavy atom. The summed E-state index contributed by atoms with van der Waals surface area (Å²) in [6.45, 7) is 15.2. The molecule has 1 fully saturated rings. The van der Waals surface area contributed by atoms with Crippen molar-refractivity contribution in [3.63, 3.8) is 0 Å². The Bertz CT molecular complexity index is 1930. The van der Waals surface area contributed by atoms with Crippen LogP contribution >= 0.6 is 0 Å². The molecule has 3 aromatic rings. The number of rotatable bonds is 29. The molecule has 5 rings (SSSR count). The standard InChI is InChI=1S/C45H67FN8O9/c1-6-9-40(55)49-44(2,3)16-22-63-45(4,5)39-32-53(51-50-39)21-23-59-24-25-60-26-27-61-28-29-62-38-15-13-34(30-36(38)46)37(31-41(56)57)54-20-19-52(43(54)58)18-8-11-35-14-12-33-10-7-17-47-42(33)48-35/h12-15,30,32,37H,6-11,16-29,31H2,1-5H3,(H,47,48)(H,49,55)(H,56,57)/t37-/m0/s1. The van der Waals surface area contributed by atoms with Crippen molar-refractivity contribution in [3.8, 4) is 5.75 Å². The van der Waals surface area contributed by atoms with Crippen molar-refractivity contribution in [3.05, 3.63) is 64.9 Å². The minimum atomic E-state index is -1.08. The number of carbonyl (C=O) groups is 3. The van der Waals surface area contributed by atoms with Gasteiger partial charge in [-0.1, -0.05) is 24.3 Å². The van der Waals surface area contributed by atoms with Crippen molar-refractivity contribution in [2.45, 2.75) is 110 Å². The van der Waals surface area contributed by atoms with E-state index in [1.54, 1.807) is 15.6 Å². The number of carboxylic acids is 1. The first-order chi connectivity index (χ1) is 30.2. The smallest absolute Gasteiger partial charge is 0.320 e. The fourth-order valence-corrected chi connectivity index (χ4v) is 7.43. The van der Waals surface area contributed by atoms with Gasteiger partial charge in [-0.25, -0.2) is 18.9 Å². The topological polar surface area (TPSA) is 192 Å². The van der Waals surface area contributed by atoms with Gasteiger partial charge in [0.1, 0.15) is 23.7 Å². The maximum Gasteiger partial charge on any atom is 0.320 e. The van der Waals surface area contributed by atoms with E-state index >= 15 is 4.39 Å². The molecule has 2 aliphatic rings. The first-order valence-corrected chi connectivity index (χ1v) is 22.3. The normalized spacial score (nSPS) is 14.7. The van der Waals surface area contributed by atoms with Gasteiger partial charge in [0.05, 0.1) is 71.5 Å². The second-order valence-electron chi connectivity index (χ2n) is 17.1. The third kappa shape index (κ3) is 15.7. The SMILES string of the molecule is CCCC(=O)NC(C)(C)CCOC(C)(C)c1cn(CCOCCOCCOCCOc2ccc([C@H](CC(=O)O)N3CCN(CCCc4ccc5c(n4)NCCC5)C3=O)cc2F)nn1. The van der Waals surface area contributed by atoms with E-state index in [2.05, 4.69) is 27.0 Å². The van der Waals surface area contributed by atoms with Crippen LogP contribution in [0.2, 0.25) is 0 Å². The lowest BCUT2D eigenvalue weighted by Gasteiger charge is -2.29. The molecular weight excluding hydrogens is 816 g/mol. The second-order valence-corrected chi connectivity index (χ2v) is 17.1. The van der Waals surface area contributed by atoms with E-state index in [1.807, 2.05) is 46.9 Å². The number of benzene rings is 1. The molecule has 0 radical (unpaired) electrons. The van der Waals surface area contributed by atoms with E-state index in [-0.39, 0.29) is 42.9 Å². The number of amides is 3. The molecule has 63 heavy (non-hydrogen) atoms. The van der Waals surface area contributed by atoms with Crippen molar-refractivity contribution in [2.75, 3.05) is 84.4 Å². The van der Waals surface area contributed by atoms with Crippen LogP contribution in [-0.4, -0.2) is 137 Å². The van der Waals surface area contributed by atoms with Crippen LogP contribution in [0, 0.1) is 5.82 Å². The van der Waals surface area contributed by atoms with Crippen molar-refractivity contribution in [1.29, 1.82) is 0 Å². The number of halogens is 1. The summed E-state index contributed by atoms with van der Waals surface area (Å²) >= 11 is 0. The van der Waals surface area contributed by atoms with Gasteiger partial charge in [-0.3, -0.25) is 9.59 Å². The van der Waals surface area contributed by atoms with E-state index in [0.717, 1.165) is 50.2 Å². The number of ether oxygens (including phenoxy) is 5. The van der Waals surface area contributed by atoms with E-state index in [0.29, 0.717) is 89.9 Å². The number of nitrogens with one attached hydrogen (secondary N) is 2. The highest BCUT2D eigenvalue weighted by Crippen LogP contribution is 2.32. The summed E-state index contributed by atoms with van der Waals surface area (Å²) in [6, 6.07) is 7.38. The fraction of sp³-hybridized carbons (Fsp3) is 0.644. The zero-order valence-electron chi connectivity index (χ0n) is 37.7. The van der Waals surface area contributed by atoms with Crippen LogP contribution < -0.4 is 15.4 Å². The molecule has 0 bridgehead atoms. The highest BCUT2D eigenvalue weighted by atomic mass is 19.1. The van der Waals surface area contributed by atoms with Gasteiger partial charge in [-0.2, -0.15) is 0 Å². The molecule has 1 atom stereocenters. The first-order valence-electron chi connectivity index (χ1n) is 22.3. The molecular formula is C45H67FN8O9. The maximum absolute atomic E-state index is 15.2. The summed E-state index contributed by atoms with van der Waals surface area (Å²) in [5, 5.41) is 24.6. The first kappa shape index (κ1) is 49.1. The molecule has 3 amide bonds. The van der Waals surface area contributed by atoms with E-state index in [4.69, 9.17) is 28.7 Å². The largest absolute Gasteiger partial charge is 0.488 e. The third-order valence-electron chi connectivity index (χ3n) is 11.0. The van der Waals surface area contributed by atoms with Crippen LogP contribution in [0.1, 0.15) is 102 Å². The summed E-state index contributed by atoms with van der Waals surface area (Å²) in [6.07, 6.45) is 7.03. The number of fused-ring (bicyclic) bond motifs is 1. The number of hydrogen-bond donors (Lipinski definition) is 3. The van der Waals surface area contributed by atoms with Gasteiger partial charge >= 0.3 is 12.0 Å². The van der Waals surface area contributed by atoms with Crippen molar-refractivity contribution < 1.29 is 47.6 Å². The molecule has 348 valence electrons. The minimum Gasteiger partial charge on any atom is -0.488 e. The van der Waals surface area contributed by atoms with Gasteiger partial charge < -0.3 is 49.2 Å². The lowest BCUT2D eigenvalue weighted by Crippen LogP contribution is -2.44. The molecule has 17 nitrogen and oxygen atoms in total. The van der Waals surface area contributed by atoms with E-state index in [1.165, 1.54) is 22.6 Å². The molecule has 0 spiro atoms. The number of nitrogens with zero attached hydrogens (tertiary/aromatic N) is 6. The zero-order valence-corrected chi connectivity index (χ0v) is 37.7. The minimum absolute atomic E-state index is 0.00870.